The van der Waals surface area contributed by atoms with Crippen LogP contribution in [0.5, 0.6) is 0 Å². The molecule has 0 aliphatic carbocycles. The Hall–Kier alpha value is -3.54. The van der Waals surface area contributed by atoms with Crippen LogP contribution < -0.4 is 10.6 Å². The second-order valence-electron chi connectivity index (χ2n) is 6.20. The average molecular weight is 363 g/mol. The van der Waals surface area contributed by atoms with E-state index in [1.54, 1.807) is 62.6 Å². The Bertz CT molecular complexity index is 983. The van der Waals surface area contributed by atoms with Gasteiger partial charge in [0.25, 0.3) is 11.8 Å². The Morgan fingerprint density at radius 2 is 1.70 bits per heavy atom. The summed E-state index contributed by atoms with van der Waals surface area (Å²) >= 11 is 0. The van der Waals surface area contributed by atoms with Crippen LogP contribution in [0, 0.1) is 19.7 Å². The summed E-state index contributed by atoms with van der Waals surface area (Å²) < 4.78 is 13.5. The lowest BCUT2D eigenvalue weighted by Gasteiger charge is -2.11. The van der Waals surface area contributed by atoms with Crippen LogP contribution in [-0.4, -0.2) is 16.8 Å². The van der Waals surface area contributed by atoms with Gasteiger partial charge < -0.3 is 10.6 Å². The summed E-state index contributed by atoms with van der Waals surface area (Å²) in [5.74, 6) is -1.22. The Labute approximate surface area is 156 Å². The van der Waals surface area contributed by atoms with Gasteiger partial charge in [-0.3, -0.25) is 14.6 Å². The van der Waals surface area contributed by atoms with Crippen molar-refractivity contribution < 1.29 is 14.0 Å². The number of aryl methyl sites for hydroxylation is 2. The maximum absolute atomic E-state index is 13.5. The summed E-state index contributed by atoms with van der Waals surface area (Å²) in [7, 11) is 0. The summed E-state index contributed by atoms with van der Waals surface area (Å²) in [4.78, 5) is 28.9. The zero-order chi connectivity index (χ0) is 19.4. The first kappa shape index (κ1) is 18.3. The fourth-order valence-electron chi connectivity index (χ4n) is 2.65. The topological polar surface area (TPSA) is 71.1 Å². The van der Waals surface area contributed by atoms with Gasteiger partial charge in [-0.15, -0.1) is 0 Å². The number of nitrogens with one attached hydrogen (secondary N) is 2. The van der Waals surface area contributed by atoms with Crippen LogP contribution in [0.1, 0.15) is 31.8 Å². The van der Waals surface area contributed by atoms with Gasteiger partial charge in [0.05, 0.1) is 11.9 Å². The number of anilines is 2. The molecule has 2 N–H and O–H groups in total. The molecule has 0 saturated carbocycles. The van der Waals surface area contributed by atoms with E-state index in [0.29, 0.717) is 22.5 Å². The van der Waals surface area contributed by atoms with Gasteiger partial charge in [0.2, 0.25) is 0 Å². The second-order valence-corrected chi connectivity index (χ2v) is 6.20. The molecule has 0 unspecified atom stereocenters. The molecular weight excluding hydrogens is 345 g/mol. The number of hydrogen-bond donors (Lipinski definition) is 2. The van der Waals surface area contributed by atoms with Gasteiger partial charge in [0.15, 0.2) is 0 Å². The molecule has 1 aromatic heterocycles. The van der Waals surface area contributed by atoms with E-state index in [-0.39, 0.29) is 11.5 Å². The number of carbonyl (C=O) groups excluding carboxylic acids is 2. The van der Waals surface area contributed by atoms with E-state index in [4.69, 9.17) is 0 Å². The number of aromatic nitrogens is 1. The lowest BCUT2D eigenvalue weighted by Crippen LogP contribution is -2.16. The highest BCUT2D eigenvalue weighted by molar-refractivity contribution is 6.08. The van der Waals surface area contributed by atoms with Crippen molar-refractivity contribution in [3.05, 3.63) is 89.0 Å². The van der Waals surface area contributed by atoms with Crippen molar-refractivity contribution in [2.24, 2.45) is 0 Å². The number of hydrogen-bond acceptors (Lipinski definition) is 3. The Morgan fingerprint density at radius 3 is 2.41 bits per heavy atom. The van der Waals surface area contributed by atoms with Crippen LogP contribution in [0.3, 0.4) is 0 Å². The first-order valence-electron chi connectivity index (χ1n) is 8.33. The van der Waals surface area contributed by atoms with E-state index in [9.17, 15) is 14.0 Å². The summed E-state index contributed by atoms with van der Waals surface area (Å²) in [6.07, 6.45) is 3.16. The molecule has 0 spiro atoms. The summed E-state index contributed by atoms with van der Waals surface area (Å²) in [6.45, 7) is 3.52. The predicted molar refractivity (Wildman–Crippen MR) is 102 cm³/mol. The van der Waals surface area contributed by atoms with E-state index >= 15 is 0 Å². The number of amides is 2. The monoisotopic (exact) mass is 363 g/mol. The van der Waals surface area contributed by atoms with Crippen molar-refractivity contribution >= 4 is 23.2 Å². The molecule has 0 radical (unpaired) electrons. The molecule has 0 bridgehead atoms. The molecule has 6 heteroatoms. The zero-order valence-electron chi connectivity index (χ0n) is 14.9. The molecule has 2 aromatic carbocycles. The minimum atomic E-state index is -0.472. The van der Waals surface area contributed by atoms with Crippen LogP contribution in [-0.2, 0) is 0 Å². The quantitative estimate of drug-likeness (QED) is 0.724. The van der Waals surface area contributed by atoms with Gasteiger partial charge in [-0.25, -0.2) is 4.39 Å². The first-order chi connectivity index (χ1) is 12.9. The smallest absolute Gasteiger partial charge is 0.256 e. The van der Waals surface area contributed by atoms with Gasteiger partial charge in [0, 0.05) is 23.0 Å². The Balaban J connectivity index is 1.80. The standard InChI is InChI=1S/C21H18FN3O2/c1-13-8-15(10-16(22)9-13)20(26)24-17-6-5-14(2)19(11-17)21(27)25-18-4-3-7-23-12-18/h3-12H,1-2H3,(H,24,26)(H,25,27). The molecule has 0 aliphatic heterocycles. The van der Waals surface area contributed by atoms with Crippen molar-refractivity contribution in [3.63, 3.8) is 0 Å². The van der Waals surface area contributed by atoms with Crippen LogP contribution in [0.15, 0.2) is 60.9 Å². The molecule has 0 atom stereocenters. The van der Waals surface area contributed by atoms with Gasteiger partial charge in [-0.1, -0.05) is 6.07 Å². The molecule has 0 saturated heterocycles. The van der Waals surface area contributed by atoms with E-state index < -0.39 is 11.7 Å². The molecule has 1 heterocycles. The van der Waals surface area contributed by atoms with Gasteiger partial charge in [0.1, 0.15) is 5.82 Å². The van der Waals surface area contributed by atoms with E-state index in [1.165, 1.54) is 12.1 Å². The van der Waals surface area contributed by atoms with Gasteiger partial charge in [-0.2, -0.15) is 0 Å². The maximum atomic E-state index is 13.5. The third kappa shape index (κ3) is 4.55. The zero-order valence-corrected chi connectivity index (χ0v) is 14.9. The number of rotatable bonds is 4. The molecule has 3 aromatic rings. The van der Waals surface area contributed by atoms with Gasteiger partial charge >= 0.3 is 0 Å². The Kier molecular flexibility index (Phi) is 5.26. The van der Waals surface area contributed by atoms with E-state index in [2.05, 4.69) is 15.6 Å². The molecule has 2 amide bonds. The molecule has 27 heavy (non-hydrogen) atoms. The third-order valence-corrected chi connectivity index (χ3v) is 3.96. The van der Waals surface area contributed by atoms with Crippen LogP contribution >= 0.6 is 0 Å². The number of benzene rings is 2. The predicted octanol–water partition coefficient (Wildman–Crippen LogP) is 4.34. The number of carbonyl (C=O) groups is 2. The van der Waals surface area contributed by atoms with Crippen molar-refractivity contribution in [1.29, 1.82) is 0 Å². The summed E-state index contributed by atoms with van der Waals surface area (Å²) in [6, 6.07) is 12.6. The molecule has 136 valence electrons. The fourth-order valence-corrected chi connectivity index (χ4v) is 2.65. The number of halogens is 1. The highest BCUT2D eigenvalue weighted by Crippen LogP contribution is 2.18. The maximum Gasteiger partial charge on any atom is 0.256 e. The average Bonchev–Trinajstić information content (AvgIpc) is 2.63. The first-order valence-corrected chi connectivity index (χ1v) is 8.33. The van der Waals surface area contributed by atoms with Crippen LogP contribution in [0.4, 0.5) is 15.8 Å². The molecule has 3 rings (SSSR count). The molecule has 5 nitrogen and oxygen atoms in total. The minimum Gasteiger partial charge on any atom is -0.322 e. The van der Waals surface area contributed by atoms with E-state index in [1.807, 2.05) is 0 Å². The highest BCUT2D eigenvalue weighted by Gasteiger charge is 2.13. The lowest BCUT2D eigenvalue weighted by molar-refractivity contribution is 0.101. The van der Waals surface area contributed by atoms with E-state index in [0.717, 1.165) is 5.56 Å². The SMILES string of the molecule is Cc1cc(F)cc(C(=O)Nc2ccc(C)c(C(=O)Nc3cccnc3)c2)c1. The normalized spacial score (nSPS) is 10.3. The summed E-state index contributed by atoms with van der Waals surface area (Å²) in [5.41, 5.74) is 3.08. The van der Waals surface area contributed by atoms with Crippen molar-refractivity contribution in [3.8, 4) is 0 Å². The van der Waals surface area contributed by atoms with Gasteiger partial charge in [-0.05, 0) is 67.4 Å². The molecular formula is C21H18FN3O2. The second kappa shape index (κ2) is 7.78. The number of nitrogens with zero attached hydrogens (tertiary/aromatic N) is 1. The lowest BCUT2D eigenvalue weighted by atomic mass is 10.1. The fraction of sp³-hybridized carbons (Fsp3) is 0.0952. The van der Waals surface area contributed by atoms with Crippen molar-refractivity contribution in [2.75, 3.05) is 10.6 Å². The van der Waals surface area contributed by atoms with Crippen LogP contribution in [0.2, 0.25) is 0 Å². The third-order valence-electron chi connectivity index (χ3n) is 3.96. The highest BCUT2D eigenvalue weighted by atomic mass is 19.1. The molecule has 0 aliphatic rings. The number of pyridine rings is 1. The Morgan fingerprint density at radius 1 is 0.926 bits per heavy atom. The van der Waals surface area contributed by atoms with Crippen LogP contribution in [0.25, 0.3) is 0 Å². The largest absolute Gasteiger partial charge is 0.322 e. The summed E-state index contributed by atoms with van der Waals surface area (Å²) in [5, 5.41) is 5.46. The molecule has 0 fully saturated rings. The van der Waals surface area contributed by atoms with Crippen molar-refractivity contribution in [2.45, 2.75) is 13.8 Å². The van der Waals surface area contributed by atoms with Crippen molar-refractivity contribution in [1.82, 2.24) is 4.98 Å². The minimum absolute atomic E-state index is 0.217.